The first kappa shape index (κ1) is 16.5. The van der Waals surface area contributed by atoms with Crippen molar-refractivity contribution in [2.24, 2.45) is 0 Å². The molecule has 0 aliphatic carbocycles. The lowest BCUT2D eigenvalue weighted by Gasteiger charge is -2.26. The van der Waals surface area contributed by atoms with Crippen LogP contribution in [-0.4, -0.2) is 11.0 Å². The second kappa shape index (κ2) is 5.11. The number of aromatic nitrogens is 1. The number of aryl methyl sites for hydroxylation is 1. The normalized spacial score (nSPS) is 12.7. The monoisotopic (exact) mass is 303 g/mol. The molecule has 0 spiro atoms. The average molecular weight is 303 g/mol. The smallest absolute Gasteiger partial charge is 0.308 e. The Bertz CT molecular complexity index is 727. The quantitative estimate of drug-likeness (QED) is 0.568. The maximum absolute atomic E-state index is 11.5. The highest BCUT2D eigenvalue weighted by Gasteiger charge is 2.30. The molecule has 0 aliphatic rings. The number of ether oxygens (including phenoxy) is 1. The fourth-order valence-corrected chi connectivity index (χ4v) is 2.68. The third-order valence-electron chi connectivity index (χ3n) is 3.55. The van der Waals surface area contributed by atoms with Crippen molar-refractivity contribution < 1.29 is 13.9 Å². The largest absolute Gasteiger partial charge is 0.441 e. The first-order valence-corrected chi connectivity index (χ1v) is 7.55. The van der Waals surface area contributed by atoms with Crippen LogP contribution in [0.15, 0.2) is 10.5 Å². The lowest BCUT2D eigenvalue weighted by atomic mass is 9.80. The summed E-state index contributed by atoms with van der Waals surface area (Å²) in [6.07, 6.45) is 0. The molecule has 1 aromatic carbocycles. The Kier molecular flexibility index (Phi) is 3.84. The van der Waals surface area contributed by atoms with Crippen molar-refractivity contribution >= 4 is 17.1 Å². The van der Waals surface area contributed by atoms with Crippen LogP contribution in [0.1, 0.15) is 65.5 Å². The number of carbonyl (C=O) groups is 1. The molecule has 0 saturated heterocycles. The predicted octanol–water partition coefficient (Wildman–Crippen LogP) is 4.66. The topological polar surface area (TPSA) is 52.3 Å². The molecule has 0 unspecified atom stereocenters. The van der Waals surface area contributed by atoms with E-state index in [1.165, 1.54) is 6.92 Å². The number of nitrogens with zero attached hydrogens (tertiary/aromatic N) is 1. The summed E-state index contributed by atoms with van der Waals surface area (Å²) in [5.74, 6) is 0.863. The highest BCUT2D eigenvalue weighted by molar-refractivity contribution is 5.86. The summed E-state index contributed by atoms with van der Waals surface area (Å²) in [4.78, 5) is 16.1. The second-order valence-corrected chi connectivity index (χ2v) is 7.80. The predicted molar refractivity (Wildman–Crippen MR) is 87.5 cm³/mol. The Balaban J connectivity index is 2.93. The molecule has 0 atom stereocenters. The standard InChI is InChI=1S/C18H25NO3/c1-10-19-15-14(18(6,7)8)13(22-11(2)20)9-12(16(15)21-10)17(3,4)5/h9H,1-8H3. The van der Waals surface area contributed by atoms with Gasteiger partial charge in [0.05, 0.1) is 0 Å². The zero-order valence-corrected chi connectivity index (χ0v) is 14.7. The fraction of sp³-hybridized carbons (Fsp3) is 0.556. The SMILES string of the molecule is CC(=O)Oc1cc(C(C)(C)C)c2oc(C)nc2c1C(C)(C)C. The summed E-state index contributed by atoms with van der Waals surface area (Å²) in [5.41, 5.74) is 3.10. The summed E-state index contributed by atoms with van der Waals surface area (Å²) in [5, 5.41) is 0. The summed E-state index contributed by atoms with van der Waals surface area (Å²) < 4.78 is 11.4. The van der Waals surface area contributed by atoms with E-state index >= 15 is 0 Å². The molecule has 1 aromatic heterocycles. The zero-order valence-electron chi connectivity index (χ0n) is 14.7. The molecule has 120 valence electrons. The van der Waals surface area contributed by atoms with Crippen LogP contribution in [0, 0.1) is 6.92 Å². The van der Waals surface area contributed by atoms with Gasteiger partial charge >= 0.3 is 5.97 Å². The average Bonchev–Trinajstić information content (AvgIpc) is 2.64. The molecule has 4 nitrogen and oxygen atoms in total. The number of hydrogen-bond donors (Lipinski definition) is 0. The van der Waals surface area contributed by atoms with E-state index in [4.69, 9.17) is 9.15 Å². The van der Waals surface area contributed by atoms with Gasteiger partial charge in [-0.05, 0) is 16.9 Å². The van der Waals surface area contributed by atoms with E-state index in [1.807, 2.05) is 13.0 Å². The Labute approximate surface area is 131 Å². The molecule has 0 radical (unpaired) electrons. The van der Waals surface area contributed by atoms with Crippen molar-refractivity contribution in [1.29, 1.82) is 0 Å². The maximum Gasteiger partial charge on any atom is 0.308 e. The zero-order chi connectivity index (χ0) is 16.9. The molecule has 0 fully saturated rings. The van der Waals surface area contributed by atoms with Crippen LogP contribution in [0.25, 0.3) is 11.1 Å². The van der Waals surface area contributed by atoms with Crippen LogP contribution < -0.4 is 4.74 Å². The van der Waals surface area contributed by atoms with Crippen LogP contribution >= 0.6 is 0 Å². The summed E-state index contributed by atoms with van der Waals surface area (Å²) in [6.45, 7) is 15.8. The molecule has 0 bridgehead atoms. The summed E-state index contributed by atoms with van der Waals surface area (Å²) >= 11 is 0. The number of benzene rings is 1. The number of oxazole rings is 1. The van der Waals surface area contributed by atoms with Crippen LogP contribution in [0.4, 0.5) is 0 Å². The van der Waals surface area contributed by atoms with Crippen molar-refractivity contribution in [2.45, 2.75) is 66.2 Å². The lowest BCUT2D eigenvalue weighted by Crippen LogP contribution is -2.19. The van der Waals surface area contributed by atoms with Gasteiger partial charge in [-0.1, -0.05) is 41.5 Å². The summed E-state index contributed by atoms with van der Waals surface area (Å²) in [7, 11) is 0. The van der Waals surface area contributed by atoms with Crippen LogP contribution in [0.5, 0.6) is 5.75 Å². The van der Waals surface area contributed by atoms with E-state index in [0.717, 1.165) is 22.2 Å². The molecule has 2 aromatic rings. The minimum Gasteiger partial charge on any atom is -0.441 e. The lowest BCUT2D eigenvalue weighted by molar-refractivity contribution is -0.131. The highest BCUT2D eigenvalue weighted by atomic mass is 16.5. The van der Waals surface area contributed by atoms with E-state index in [-0.39, 0.29) is 16.8 Å². The highest BCUT2D eigenvalue weighted by Crippen LogP contribution is 2.42. The third-order valence-corrected chi connectivity index (χ3v) is 3.55. The van der Waals surface area contributed by atoms with Crippen LogP contribution in [0.2, 0.25) is 0 Å². The molecule has 0 amide bonds. The van der Waals surface area contributed by atoms with E-state index in [0.29, 0.717) is 11.6 Å². The minimum atomic E-state index is -0.329. The second-order valence-electron chi connectivity index (χ2n) is 7.80. The Morgan fingerprint density at radius 3 is 2.18 bits per heavy atom. The number of carbonyl (C=O) groups excluding carboxylic acids is 1. The van der Waals surface area contributed by atoms with Gasteiger partial charge in [-0.3, -0.25) is 4.79 Å². The van der Waals surface area contributed by atoms with Gasteiger partial charge in [-0.15, -0.1) is 0 Å². The van der Waals surface area contributed by atoms with E-state index in [2.05, 4.69) is 46.5 Å². The minimum absolute atomic E-state index is 0.143. The van der Waals surface area contributed by atoms with E-state index < -0.39 is 0 Å². The van der Waals surface area contributed by atoms with Gasteiger partial charge in [-0.2, -0.15) is 0 Å². The molecule has 4 heteroatoms. The Morgan fingerprint density at radius 1 is 1.14 bits per heavy atom. The molecule has 1 heterocycles. The summed E-state index contributed by atoms with van der Waals surface area (Å²) in [6, 6.07) is 1.93. The van der Waals surface area contributed by atoms with Crippen LogP contribution in [0.3, 0.4) is 0 Å². The molecule has 2 rings (SSSR count). The maximum atomic E-state index is 11.5. The van der Waals surface area contributed by atoms with Crippen LogP contribution in [-0.2, 0) is 15.6 Å². The molecule has 22 heavy (non-hydrogen) atoms. The molecule has 0 saturated carbocycles. The molecular weight excluding hydrogens is 278 g/mol. The van der Waals surface area contributed by atoms with Crippen molar-refractivity contribution in [3.63, 3.8) is 0 Å². The van der Waals surface area contributed by atoms with Gasteiger partial charge in [0, 0.05) is 25.0 Å². The molecule has 0 N–H and O–H groups in total. The van der Waals surface area contributed by atoms with Gasteiger partial charge in [-0.25, -0.2) is 4.98 Å². The third kappa shape index (κ3) is 3.01. The molecule has 0 aliphatic heterocycles. The first-order valence-electron chi connectivity index (χ1n) is 7.55. The van der Waals surface area contributed by atoms with Crippen molar-refractivity contribution in [2.75, 3.05) is 0 Å². The fourth-order valence-electron chi connectivity index (χ4n) is 2.68. The Morgan fingerprint density at radius 2 is 1.73 bits per heavy atom. The number of esters is 1. The number of fused-ring (bicyclic) bond motifs is 1. The van der Waals surface area contributed by atoms with Crippen molar-refractivity contribution in [1.82, 2.24) is 4.98 Å². The van der Waals surface area contributed by atoms with Gasteiger partial charge in [0.15, 0.2) is 11.5 Å². The van der Waals surface area contributed by atoms with Crippen molar-refractivity contribution in [3.05, 3.63) is 23.1 Å². The Hall–Kier alpha value is -1.84. The van der Waals surface area contributed by atoms with Gasteiger partial charge in [0.25, 0.3) is 0 Å². The van der Waals surface area contributed by atoms with E-state index in [1.54, 1.807) is 0 Å². The van der Waals surface area contributed by atoms with Gasteiger partial charge < -0.3 is 9.15 Å². The number of hydrogen-bond acceptors (Lipinski definition) is 4. The van der Waals surface area contributed by atoms with Gasteiger partial charge in [0.1, 0.15) is 11.3 Å². The molecular formula is C18H25NO3. The van der Waals surface area contributed by atoms with Crippen molar-refractivity contribution in [3.8, 4) is 5.75 Å². The van der Waals surface area contributed by atoms with E-state index in [9.17, 15) is 4.79 Å². The number of rotatable bonds is 1. The first-order chi connectivity index (χ1) is 9.91. The van der Waals surface area contributed by atoms with Gasteiger partial charge in [0.2, 0.25) is 0 Å².